The van der Waals surface area contributed by atoms with Gasteiger partial charge in [0.2, 0.25) is 17.7 Å². The van der Waals surface area contributed by atoms with Crippen molar-refractivity contribution in [3.8, 4) is 0 Å². The van der Waals surface area contributed by atoms with E-state index in [-0.39, 0.29) is 6.47 Å². The third-order valence-corrected chi connectivity index (χ3v) is 19.3. The Balaban J connectivity index is 1.04. The number of ether oxygens (including phenoxy) is 16. The fraction of sp³-hybridized carbons (Fsp3) is 0.932. The molecular formula is C59H99N3O42. The van der Waals surface area contributed by atoms with Gasteiger partial charge in [0.25, 0.3) is 6.47 Å². The fourth-order valence-corrected chi connectivity index (χ4v) is 13.5. The maximum absolute atomic E-state index is 12.9. The number of carbonyl (C=O) groups excluding carboxylic acids is 4. The third-order valence-electron chi connectivity index (χ3n) is 19.3. The molecule has 0 spiro atoms. The second-order valence-electron chi connectivity index (χ2n) is 26.6. The molecule has 8 rings (SSSR count). The number of nitrogens with one attached hydrogen (secondary N) is 3. The molecule has 0 aromatic rings. The predicted molar refractivity (Wildman–Crippen MR) is 323 cm³/mol. The van der Waals surface area contributed by atoms with Crippen molar-refractivity contribution < 1.29 is 207 Å². The molecule has 104 heavy (non-hydrogen) atoms. The highest BCUT2D eigenvalue weighted by Crippen LogP contribution is 2.41. The summed E-state index contributed by atoms with van der Waals surface area (Å²) in [6, 6.07) is -4.87. The molecule has 0 aromatic heterocycles. The lowest BCUT2D eigenvalue weighted by Crippen LogP contribution is -2.70. The van der Waals surface area contributed by atoms with Gasteiger partial charge in [-0.05, 0) is 6.92 Å². The van der Waals surface area contributed by atoms with E-state index in [9.17, 15) is 132 Å². The molecule has 8 heterocycles. The predicted octanol–water partition coefficient (Wildman–Crippen LogP) is -16.4. The van der Waals surface area contributed by atoms with Crippen LogP contribution in [0.3, 0.4) is 0 Å². The van der Waals surface area contributed by atoms with Gasteiger partial charge in [0, 0.05) is 26.7 Å². The Bertz CT molecular complexity index is 2710. The zero-order chi connectivity index (χ0) is 76.8. The van der Waals surface area contributed by atoms with Gasteiger partial charge in [-0.25, -0.2) is 0 Å². The zero-order valence-corrected chi connectivity index (χ0v) is 56.5. The second-order valence-corrected chi connectivity index (χ2v) is 26.6. The van der Waals surface area contributed by atoms with Crippen molar-refractivity contribution >= 4 is 24.2 Å². The van der Waals surface area contributed by atoms with E-state index in [1.807, 2.05) is 0 Å². The van der Waals surface area contributed by atoms with Gasteiger partial charge >= 0.3 is 5.97 Å². The zero-order valence-electron chi connectivity index (χ0n) is 56.5. The second kappa shape index (κ2) is 37.4. The van der Waals surface area contributed by atoms with Crippen molar-refractivity contribution in [2.75, 3.05) is 52.9 Å². The molecule has 0 radical (unpaired) electrons. The molecule has 0 aliphatic carbocycles. The topological polar surface area (TPSA) is 697 Å². The first-order chi connectivity index (χ1) is 49.1. The van der Waals surface area contributed by atoms with Crippen LogP contribution in [0.15, 0.2) is 0 Å². The maximum atomic E-state index is 12.9. The van der Waals surface area contributed by atoms with Gasteiger partial charge in [-0.1, -0.05) is 6.92 Å². The Kier molecular flexibility index (Phi) is 30.9. The summed E-state index contributed by atoms with van der Waals surface area (Å²) in [5, 5.41) is 250. The summed E-state index contributed by atoms with van der Waals surface area (Å²) < 4.78 is 93.7. The number of aliphatic hydroxyl groups excluding tert-OH is 22. The normalized spacial score (nSPS) is 47.9. The van der Waals surface area contributed by atoms with Crippen LogP contribution in [0.1, 0.15) is 41.0 Å². The summed E-state index contributed by atoms with van der Waals surface area (Å²) in [4.78, 5) is 49.7. The lowest BCUT2D eigenvalue weighted by atomic mass is 9.87. The van der Waals surface area contributed by atoms with Crippen LogP contribution in [0.4, 0.5) is 0 Å². The summed E-state index contributed by atoms with van der Waals surface area (Å²) in [5.41, 5.74) is 0. The van der Waals surface area contributed by atoms with Crippen LogP contribution in [0.2, 0.25) is 0 Å². The van der Waals surface area contributed by atoms with Crippen molar-refractivity contribution in [2.45, 2.75) is 286 Å². The standard InChI is InChI=1S/C59H99N3O42/c1-16-21(73)6-59(91-15-69,104-47(16)33(75)22(74)7-63)90-14-29-36(78)42(84)45(87)56(98-29)100-49-26(11-67)96-54(32(40(49)82)62-20(5)72)103-52-43(85)35(77)24(9-65)94-58(52)89-13-28-37(79)51(102-55-44(86)41(83)34(76)23(8-64)93-55)46(88)57(97-28)101-50-27(12-68)95-53(31(39(50)81)61-19(4)71)99-48-25(10-66)92-17(2)30(38(48)80)60-18(3)70/h15-17,21-58,63-68,73-88H,6-14H2,1-5H3,(H,60,70)(H,61,71)(H,62,72)/t16-,17+,21+,22+,23?,24?,25?,26-,27?,28?,29?,30?,31?,32?,33-,34+,35+,36+,37+,38-,39-,40?,41?,42+,43+,44?,45?,46?,47?,48+,49-,50+,51+,52?,53+,54-,55+,56+,57+,58-,59+/m1/s1. The average Bonchev–Trinajstić information content (AvgIpc) is 0.774. The first kappa shape index (κ1) is 86.0. The molecule has 8 saturated heterocycles. The van der Waals surface area contributed by atoms with Crippen molar-refractivity contribution in [1.29, 1.82) is 0 Å². The molecule has 8 fully saturated rings. The van der Waals surface area contributed by atoms with E-state index in [0.29, 0.717) is 0 Å². The van der Waals surface area contributed by atoms with Crippen LogP contribution in [0.25, 0.3) is 0 Å². The Morgan fingerprint density at radius 3 is 1.29 bits per heavy atom. The van der Waals surface area contributed by atoms with Crippen molar-refractivity contribution in [3.05, 3.63) is 0 Å². The Morgan fingerprint density at radius 2 is 0.817 bits per heavy atom. The molecule has 8 aliphatic rings. The smallest absolute Gasteiger partial charge is 0.332 e. The van der Waals surface area contributed by atoms with E-state index in [4.69, 9.17) is 75.8 Å². The molecule has 25 N–H and O–H groups in total. The molecule has 0 aromatic carbocycles. The highest BCUT2D eigenvalue weighted by atomic mass is 16.9. The molecule has 0 saturated carbocycles. The number of aliphatic hydroxyl groups is 22. The number of rotatable bonds is 29. The molecule has 602 valence electrons. The van der Waals surface area contributed by atoms with Crippen LogP contribution in [0, 0.1) is 5.92 Å². The summed E-state index contributed by atoms with van der Waals surface area (Å²) in [5.74, 6) is -6.01. The molecule has 45 nitrogen and oxygen atoms in total. The number of hydrogen-bond acceptors (Lipinski definition) is 42. The van der Waals surface area contributed by atoms with Gasteiger partial charge in [0.05, 0.1) is 83.6 Å². The molecular weight excluding hydrogens is 1420 g/mol. The van der Waals surface area contributed by atoms with Gasteiger partial charge in [-0.2, -0.15) is 0 Å². The van der Waals surface area contributed by atoms with Crippen LogP contribution in [0.5, 0.6) is 0 Å². The lowest BCUT2D eigenvalue weighted by Gasteiger charge is -2.50. The van der Waals surface area contributed by atoms with Crippen molar-refractivity contribution in [1.82, 2.24) is 16.0 Å². The fourth-order valence-electron chi connectivity index (χ4n) is 13.5. The van der Waals surface area contributed by atoms with Gasteiger partial charge < -0.3 is 204 Å². The minimum atomic E-state index is -2.62. The molecule has 3 amide bonds. The maximum Gasteiger partial charge on any atom is 0.332 e. The SMILES string of the molecule is CC(=O)NC1C(O)[C@H](O[C@@H]2OC(CO[C@]3(OC=O)C[C@H](O)[C@@H](C)C([C@H](O)[C@@H](O)CO)O3)[C@H](O)[C@H](O)C2O)[C@@H](CO)O[C@@H]1OC1[C@H](OCC2O[C@@H](O[C@H]3C(CO)O[C@@H](O[C@H]4C(CO)O[C@@H](C)C(NC(C)=O)[C@H]4O)C(NC(C)=O)[C@H]3O)C(O)[C@@H](O[C@@H]3OC(CO)[C@H](O)C(O)C3O)[C@H]2O)OC(CO)[C@H](O)[C@@H]1O. The van der Waals surface area contributed by atoms with Gasteiger partial charge in [-0.3, -0.25) is 19.2 Å². The van der Waals surface area contributed by atoms with Crippen LogP contribution in [-0.4, -0.2) is 434 Å². The highest BCUT2D eigenvalue weighted by Gasteiger charge is 2.60. The van der Waals surface area contributed by atoms with Crippen LogP contribution in [-0.2, 0) is 95.0 Å². The molecule has 45 heteroatoms. The minimum absolute atomic E-state index is 0.171. The number of amides is 3. The summed E-state index contributed by atoms with van der Waals surface area (Å²) >= 11 is 0. The van der Waals surface area contributed by atoms with Crippen molar-refractivity contribution in [3.63, 3.8) is 0 Å². The van der Waals surface area contributed by atoms with E-state index in [1.165, 1.54) is 13.8 Å². The Hall–Kier alpha value is -3.60. The monoisotopic (exact) mass is 1520 g/mol. The van der Waals surface area contributed by atoms with Crippen LogP contribution >= 0.6 is 0 Å². The Labute approximate surface area is 590 Å². The summed E-state index contributed by atoms with van der Waals surface area (Å²) in [6.07, 6.45) is -71.2. The first-order valence-electron chi connectivity index (χ1n) is 33.4. The van der Waals surface area contributed by atoms with E-state index in [2.05, 4.69) is 16.0 Å². The summed E-state index contributed by atoms with van der Waals surface area (Å²) in [6.45, 7) is -2.38. The number of hydrogen-bond donors (Lipinski definition) is 25. The molecule has 0 bridgehead atoms. The quantitative estimate of drug-likeness (QED) is 0.0244. The largest absolute Gasteiger partial charge is 0.410 e. The Morgan fingerprint density at radius 1 is 0.433 bits per heavy atom. The minimum Gasteiger partial charge on any atom is -0.410 e. The number of carbonyl (C=O) groups is 4. The van der Waals surface area contributed by atoms with E-state index >= 15 is 0 Å². The first-order valence-corrected chi connectivity index (χ1v) is 33.4. The van der Waals surface area contributed by atoms with Crippen molar-refractivity contribution in [2.24, 2.45) is 5.92 Å². The summed E-state index contributed by atoms with van der Waals surface area (Å²) in [7, 11) is 0. The third kappa shape index (κ3) is 19.0. The van der Waals surface area contributed by atoms with E-state index < -0.39 is 328 Å². The van der Waals surface area contributed by atoms with Gasteiger partial charge in [0.15, 0.2) is 37.7 Å². The molecule has 41 atom stereocenters. The molecule has 16 unspecified atom stereocenters. The van der Waals surface area contributed by atoms with Crippen LogP contribution < -0.4 is 16.0 Å². The highest BCUT2D eigenvalue weighted by molar-refractivity contribution is 5.74. The average molecular weight is 1520 g/mol. The van der Waals surface area contributed by atoms with Gasteiger partial charge in [-0.15, -0.1) is 0 Å². The van der Waals surface area contributed by atoms with Gasteiger partial charge in [0.1, 0.15) is 177 Å². The lowest BCUT2D eigenvalue weighted by molar-refractivity contribution is -0.424. The molecule has 8 aliphatic heterocycles. The van der Waals surface area contributed by atoms with E-state index in [0.717, 1.165) is 20.8 Å². The van der Waals surface area contributed by atoms with E-state index in [1.54, 1.807) is 0 Å².